The quantitative estimate of drug-likeness (QED) is 0.861. The van der Waals surface area contributed by atoms with Gasteiger partial charge in [-0.15, -0.1) is 0 Å². The third-order valence-corrected chi connectivity index (χ3v) is 4.25. The van der Waals surface area contributed by atoms with Gasteiger partial charge in [-0.25, -0.2) is 4.79 Å². The molecule has 1 saturated heterocycles. The van der Waals surface area contributed by atoms with Gasteiger partial charge in [-0.3, -0.25) is 4.79 Å². The standard InChI is InChI=1S/C18H26N2O3/c1-5-23-18(22)20-10-8-19(9-11-20)17(21)16-12-15(13(2)3)7-6-14(16)4/h6-7,12-13H,5,8-11H2,1-4H3. The molecule has 1 aliphatic heterocycles. The van der Waals surface area contributed by atoms with Gasteiger partial charge in [0.1, 0.15) is 0 Å². The number of piperazine rings is 1. The summed E-state index contributed by atoms with van der Waals surface area (Å²) >= 11 is 0. The zero-order valence-corrected chi connectivity index (χ0v) is 14.5. The van der Waals surface area contributed by atoms with Crippen LogP contribution in [0.3, 0.4) is 0 Å². The van der Waals surface area contributed by atoms with Crippen molar-refractivity contribution < 1.29 is 14.3 Å². The molecule has 0 radical (unpaired) electrons. The van der Waals surface area contributed by atoms with Gasteiger partial charge >= 0.3 is 6.09 Å². The number of nitrogens with zero attached hydrogens (tertiary/aromatic N) is 2. The van der Waals surface area contributed by atoms with Crippen LogP contribution in [0, 0.1) is 6.92 Å². The molecular weight excluding hydrogens is 292 g/mol. The highest BCUT2D eigenvalue weighted by Gasteiger charge is 2.26. The molecular formula is C18H26N2O3. The summed E-state index contributed by atoms with van der Waals surface area (Å²) in [6, 6.07) is 6.09. The van der Waals surface area contributed by atoms with Crippen LogP contribution in [-0.4, -0.2) is 54.6 Å². The highest BCUT2D eigenvalue weighted by molar-refractivity contribution is 5.96. The molecule has 2 amide bonds. The lowest BCUT2D eigenvalue weighted by molar-refractivity contribution is 0.0570. The minimum Gasteiger partial charge on any atom is -0.450 e. The van der Waals surface area contributed by atoms with Crippen molar-refractivity contribution in [2.45, 2.75) is 33.6 Å². The van der Waals surface area contributed by atoms with E-state index >= 15 is 0 Å². The van der Waals surface area contributed by atoms with Crippen LogP contribution in [0.15, 0.2) is 18.2 Å². The van der Waals surface area contributed by atoms with Gasteiger partial charge in [0.05, 0.1) is 6.61 Å². The number of aryl methyl sites for hydroxylation is 1. The Morgan fingerprint density at radius 1 is 1.13 bits per heavy atom. The van der Waals surface area contributed by atoms with E-state index in [0.29, 0.717) is 38.7 Å². The molecule has 1 aromatic carbocycles. The number of hydrogen-bond donors (Lipinski definition) is 0. The second-order valence-corrected chi connectivity index (χ2v) is 6.21. The fraction of sp³-hybridized carbons (Fsp3) is 0.556. The van der Waals surface area contributed by atoms with E-state index in [1.54, 1.807) is 11.8 Å². The molecule has 0 N–H and O–H groups in total. The summed E-state index contributed by atoms with van der Waals surface area (Å²) in [5, 5.41) is 0. The first-order valence-electron chi connectivity index (χ1n) is 8.25. The maximum atomic E-state index is 12.8. The predicted molar refractivity (Wildman–Crippen MR) is 89.8 cm³/mol. The number of carbonyl (C=O) groups excluding carboxylic acids is 2. The van der Waals surface area contributed by atoms with Crippen molar-refractivity contribution in [3.8, 4) is 0 Å². The molecule has 0 unspecified atom stereocenters. The van der Waals surface area contributed by atoms with Gasteiger partial charge in [0.2, 0.25) is 0 Å². The van der Waals surface area contributed by atoms with Gasteiger partial charge in [-0.05, 0) is 37.0 Å². The SMILES string of the molecule is CCOC(=O)N1CCN(C(=O)c2cc(C(C)C)ccc2C)CC1. The van der Waals surface area contributed by atoms with Crippen LogP contribution in [0.1, 0.15) is 48.2 Å². The Hall–Kier alpha value is -2.04. The van der Waals surface area contributed by atoms with Crippen LogP contribution in [0.4, 0.5) is 4.79 Å². The zero-order valence-electron chi connectivity index (χ0n) is 14.5. The summed E-state index contributed by atoms with van der Waals surface area (Å²) in [5.41, 5.74) is 2.93. The largest absolute Gasteiger partial charge is 0.450 e. The van der Waals surface area contributed by atoms with Crippen LogP contribution < -0.4 is 0 Å². The third kappa shape index (κ3) is 4.03. The van der Waals surface area contributed by atoms with E-state index in [1.165, 1.54) is 5.56 Å². The van der Waals surface area contributed by atoms with Crippen molar-refractivity contribution >= 4 is 12.0 Å². The molecule has 0 saturated carbocycles. The van der Waals surface area contributed by atoms with Gasteiger partial charge in [0.25, 0.3) is 5.91 Å². The van der Waals surface area contributed by atoms with Crippen LogP contribution in [0.5, 0.6) is 0 Å². The van der Waals surface area contributed by atoms with Crippen LogP contribution in [0.2, 0.25) is 0 Å². The second kappa shape index (κ2) is 7.49. The molecule has 0 aromatic heterocycles. The monoisotopic (exact) mass is 318 g/mol. The maximum Gasteiger partial charge on any atom is 0.409 e. The first-order chi connectivity index (χ1) is 10.9. The van der Waals surface area contributed by atoms with E-state index in [2.05, 4.69) is 19.9 Å². The Morgan fingerprint density at radius 2 is 1.74 bits per heavy atom. The molecule has 1 fully saturated rings. The Morgan fingerprint density at radius 3 is 2.30 bits per heavy atom. The summed E-state index contributed by atoms with van der Waals surface area (Å²) in [7, 11) is 0. The van der Waals surface area contributed by atoms with Crippen LogP contribution in [0.25, 0.3) is 0 Å². The van der Waals surface area contributed by atoms with E-state index in [4.69, 9.17) is 4.74 Å². The summed E-state index contributed by atoms with van der Waals surface area (Å²) < 4.78 is 5.01. The van der Waals surface area contributed by atoms with Crippen molar-refractivity contribution in [3.05, 3.63) is 34.9 Å². The first-order valence-corrected chi connectivity index (χ1v) is 8.25. The first kappa shape index (κ1) is 17.3. The lowest BCUT2D eigenvalue weighted by Gasteiger charge is -2.34. The topological polar surface area (TPSA) is 49.9 Å². The number of carbonyl (C=O) groups is 2. The van der Waals surface area contributed by atoms with E-state index in [-0.39, 0.29) is 12.0 Å². The molecule has 23 heavy (non-hydrogen) atoms. The molecule has 0 atom stereocenters. The summed E-state index contributed by atoms with van der Waals surface area (Å²) in [5.74, 6) is 0.441. The third-order valence-electron chi connectivity index (χ3n) is 4.25. The Balaban J connectivity index is 2.05. The molecule has 0 aliphatic carbocycles. The number of benzene rings is 1. The Labute approximate surface area is 138 Å². The summed E-state index contributed by atoms with van der Waals surface area (Å²) in [6.07, 6.45) is -0.294. The highest BCUT2D eigenvalue weighted by Crippen LogP contribution is 2.20. The van der Waals surface area contributed by atoms with Crippen LogP contribution >= 0.6 is 0 Å². The van der Waals surface area contributed by atoms with Crippen molar-refractivity contribution in [2.24, 2.45) is 0 Å². The maximum absolute atomic E-state index is 12.8. The van der Waals surface area contributed by atoms with Gasteiger partial charge in [0.15, 0.2) is 0 Å². The van der Waals surface area contributed by atoms with Crippen molar-refractivity contribution in [3.63, 3.8) is 0 Å². The smallest absolute Gasteiger partial charge is 0.409 e. The molecule has 126 valence electrons. The number of amides is 2. The molecule has 5 nitrogen and oxygen atoms in total. The van der Waals surface area contributed by atoms with Crippen molar-refractivity contribution in [2.75, 3.05) is 32.8 Å². The van der Waals surface area contributed by atoms with Gasteiger partial charge in [0, 0.05) is 31.7 Å². The lowest BCUT2D eigenvalue weighted by Crippen LogP contribution is -2.50. The summed E-state index contributed by atoms with van der Waals surface area (Å²) in [4.78, 5) is 28.0. The normalized spacial score (nSPS) is 15.0. The molecule has 5 heteroatoms. The number of ether oxygens (including phenoxy) is 1. The Kier molecular flexibility index (Phi) is 5.64. The van der Waals surface area contributed by atoms with Crippen molar-refractivity contribution in [1.29, 1.82) is 0 Å². The number of hydrogen-bond acceptors (Lipinski definition) is 3. The minimum atomic E-state index is -0.294. The molecule has 0 bridgehead atoms. The predicted octanol–water partition coefficient (Wildman–Crippen LogP) is 3.03. The van der Waals surface area contributed by atoms with E-state index in [0.717, 1.165) is 11.1 Å². The van der Waals surface area contributed by atoms with Crippen LogP contribution in [-0.2, 0) is 4.74 Å². The van der Waals surface area contributed by atoms with E-state index in [9.17, 15) is 9.59 Å². The van der Waals surface area contributed by atoms with Gasteiger partial charge < -0.3 is 14.5 Å². The molecule has 1 aliphatic rings. The van der Waals surface area contributed by atoms with E-state index < -0.39 is 0 Å². The zero-order chi connectivity index (χ0) is 17.0. The second-order valence-electron chi connectivity index (χ2n) is 6.21. The minimum absolute atomic E-state index is 0.0495. The molecule has 0 spiro atoms. The molecule has 1 heterocycles. The van der Waals surface area contributed by atoms with E-state index in [1.807, 2.05) is 24.0 Å². The lowest BCUT2D eigenvalue weighted by atomic mass is 9.97. The molecule has 1 aromatic rings. The average molecular weight is 318 g/mol. The number of rotatable bonds is 3. The fourth-order valence-electron chi connectivity index (χ4n) is 2.71. The highest BCUT2D eigenvalue weighted by atomic mass is 16.6. The van der Waals surface area contributed by atoms with Crippen molar-refractivity contribution in [1.82, 2.24) is 9.80 Å². The van der Waals surface area contributed by atoms with Gasteiger partial charge in [-0.1, -0.05) is 26.0 Å². The average Bonchev–Trinajstić information content (AvgIpc) is 2.55. The summed E-state index contributed by atoms with van der Waals surface area (Å²) in [6.45, 7) is 10.5. The fourth-order valence-corrected chi connectivity index (χ4v) is 2.71. The Bertz CT molecular complexity index is 576. The van der Waals surface area contributed by atoms with Gasteiger partial charge in [-0.2, -0.15) is 0 Å². The molecule has 2 rings (SSSR count).